The highest BCUT2D eigenvalue weighted by Crippen LogP contribution is 2.31. The van der Waals surface area contributed by atoms with Crippen molar-refractivity contribution in [3.05, 3.63) is 19.1 Å². The quantitative estimate of drug-likeness (QED) is 0.475. The van der Waals surface area contributed by atoms with E-state index in [2.05, 4.69) is 13.0 Å². The molecule has 1 aliphatic carbocycles. The van der Waals surface area contributed by atoms with Gasteiger partial charge in [-0.05, 0) is 25.2 Å². The number of rotatable bonds is 2. The van der Waals surface area contributed by atoms with E-state index in [9.17, 15) is 0 Å². The molecular weight excluding hydrogens is 72.1 g/mol. The van der Waals surface area contributed by atoms with E-state index in [0.717, 1.165) is 5.92 Å². The van der Waals surface area contributed by atoms with Crippen LogP contribution in [0.15, 0.2) is 12.7 Å². The Morgan fingerprint density at radius 1 is 1.50 bits per heavy atom. The molecule has 0 spiro atoms. The van der Waals surface area contributed by atoms with Gasteiger partial charge in [0.05, 0.1) is 0 Å². The maximum Gasteiger partial charge on any atom is -0.0142 e. The Kier molecular flexibility index (Phi) is 0.952. The van der Waals surface area contributed by atoms with Gasteiger partial charge in [-0.1, -0.05) is 6.08 Å². The highest BCUT2D eigenvalue weighted by Gasteiger charge is 2.18. The summed E-state index contributed by atoms with van der Waals surface area (Å²) in [7, 11) is 0. The molecule has 0 aromatic rings. The molecule has 0 bridgehead atoms. The summed E-state index contributed by atoms with van der Waals surface area (Å²) in [6, 6.07) is 0. The molecule has 6 heavy (non-hydrogen) atoms. The second kappa shape index (κ2) is 1.46. The molecule has 0 nitrogen and oxygen atoms in total. The van der Waals surface area contributed by atoms with E-state index in [1.165, 1.54) is 12.8 Å². The average molecular weight is 81.1 g/mol. The van der Waals surface area contributed by atoms with Crippen LogP contribution in [0.4, 0.5) is 0 Å². The van der Waals surface area contributed by atoms with Crippen LogP contribution in [0.5, 0.6) is 0 Å². The minimum Gasteiger partial charge on any atom is -0.103 e. The molecule has 0 unspecified atom stereocenters. The van der Waals surface area contributed by atoms with Crippen molar-refractivity contribution in [3.63, 3.8) is 0 Å². The van der Waals surface area contributed by atoms with Crippen LogP contribution >= 0.6 is 0 Å². The fraction of sp³-hybridized carbons (Fsp3) is 0.500. The second-order valence-corrected chi connectivity index (χ2v) is 1.77. The average Bonchev–Trinajstić information content (AvgIpc) is 2.21. The van der Waals surface area contributed by atoms with Crippen LogP contribution in [-0.2, 0) is 0 Å². The van der Waals surface area contributed by atoms with Crippen molar-refractivity contribution in [2.75, 3.05) is 0 Å². The molecule has 1 saturated carbocycles. The molecule has 0 aromatic heterocycles. The number of allylic oxidation sites excluding steroid dienone is 1. The van der Waals surface area contributed by atoms with Gasteiger partial charge < -0.3 is 0 Å². The van der Waals surface area contributed by atoms with Gasteiger partial charge in [0, 0.05) is 0 Å². The number of hydrogen-bond donors (Lipinski definition) is 0. The first-order chi connectivity index (χ1) is 2.93. The Bertz CT molecular complexity index is 51.1. The largest absolute Gasteiger partial charge is 0.103 e. The van der Waals surface area contributed by atoms with Crippen LogP contribution in [-0.4, -0.2) is 0 Å². The SMILES string of the molecule is C=C[CH]C1CC1. The molecule has 0 aromatic carbocycles. The van der Waals surface area contributed by atoms with E-state index in [4.69, 9.17) is 0 Å². The first-order valence-corrected chi connectivity index (χ1v) is 2.39. The number of hydrogen-bond acceptors (Lipinski definition) is 0. The Morgan fingerprint density at radius 3 is 2.33 bits per heavy atom. The minimum absolute atomic E-state index is 0.905. The van der Waals surface area contributed by atoms with E-state index in [0.29, 0.717) is 0 Å². The van der Waals surface area contributed by atoms with Crippen molar-refractivity contribution in [2.24, 2.45) is 5.92 Å². The van der Waals surface area contributed by atoms with Gasteiger partial charge in [0.2, 0.25) is 0 Å². The van der Waals surface area contributed by atoms with Crippen LogP contribution in [0.2, 0.25) is 0 Å². The molecule has 0 N–H and O–H groups in total. The molecule has 1 radical (unpaired) electrons. The third-order valence-corrected chi connectivity index (χ3v) is 1.03. The molecular formula is C6H9. The summed E-state index contributed by atoms with van der Waals surface area (Å²) in [5, 5.41) is 0. The topological polar surface area (TPSA) is 0 Å². The van der Waals surface area contributed by atoms with E-state index >= 15 is 0 Å². The molecule has 33 valence electrons. The maximum atomic E-state index is 3.59. The predicted molar refractivity (Wildman–Crippen MR) is 27.2 cm³/mol. The molecule has 0 amide bonds. The fourth-order valence-corrected chi connectivity index (χ4v) is 0.481. The van der Waals surface area contributed by atoms with E-state index in [-0.39, 0.29) is 0 Å². The van der Waals surface area contributed by atoms with Crippen molar-refractivity contribution in [1.82, 2.24) is 0 Å². The van der Waals surface area contributed by atoms with Gasteiger partial charge in [0.1, 0.15) is 0 Å². The lowest BCUT2D eigenvalue weighted by Crippen LogP contribution is -1.65. The van der Waals surface area contributed by atoms with Crippen molar-refractivity contribution in [1.29, 1.82) is 0 Å². The van der Waals surface area contributed by atoms with Gasteiger partial charge in [-0.3, -0.25) is 0 Å². The van der Waals surface area contributed by atoms with Crippen LogP contribution in [0.1, 0.15) is 12.8 Å². The molecule has 0 atom stereocenters. The zero-order valence-corrected chi connectivity index (χ0v) is 3.85. The Labute approximate surface area is 38.9 Å². The van der Waals surface area contributed by atoms with Crippen LogP contribution in [0.25, 0.3) is 0 Å². The maximum absolute atomic E-state index is 3.59. The van der Waals surface area contributed by atoms with E-state index < -0.39 is 0 Å². The second-order valence-electron chi connectivity index (χ2n) is 1.77. The summed E-state index contributed by atoms with van der Waals surface area (Å²) in [6.07, 6.45) is 6.84. The standard InChI is InChI=1S/C6H9/c1-2-3-6-4-5-6/h2-3,6H,1,4-5H2. The molecule has 0 aliphatic heterocycles. The highest BCUT2D eigenvalue weighted by atomic mass is 14.2. The van der Waals surface area contributed by atoms with Crippen LogP contribution < -0.4 is 0 Å². The van der Waals surface area contributed by atoms with Crippen molar-refractivity contribution in [3.8, 4) is 0 Å². The lowest BCUT2D eigenvalue weighted by atomic mass is 10.3. The Balaban J connectivity index is 2.00. The third kappa shape index (κ3) is 0.852. The summed E-state index contributed by atoms with van der Waals surface area (Å²) in [6.45, 7) is 3.59. The lowest BCUT2D eigenvalue weighted by molar-refractivity contribution is 1.05. The molecule has 1 aliphatic rings. The van der Waals surface area contributed by atoms with Gasteiger partial charge >= 0.3 is 0 Å². The zero-order chi connectivity index (χ0) is 4.41. The van der Waals surface area contributed by atoms with E-state index in [1.54, 1.807) is 0 Å². The first-order valence-electron chi connectivity index (χ1n) is 2.39. The summed E-state index contributed by atoms with van der Waals surface area (Å²) in [4.78, 5) is 0. The molecule has 0 heterocycles. The van der Waals surface area contributed by atoms with Gasteiger partial charge in [0.25, 0.3) is 0 Å². The third-order valence-electron chi connectivity index (χ3n) is 1.03. The summed E-state index contributed by atoms with van der Waals surface area (Å²) in [5.41, 5.74) is 0. The van der Waals surface area contributed by atoms with Gasteiger partial charge in [0.15, 0.2) is 0 Å². The van der Waals surface area contributed by atoms with E-state index in [1.807, 2.05) is 6.08 Å². The van der Waals surface area contributed by atoms with Gasteiger partial charge in [-0.15, -0.1) is 6.58 Å². The Morgan fingerprint density at radius 2 is 2.17 bits per heavy atom. The minimum atomic E-state index is 0.905. The molecule has 0 saturated heterocycles. The normalized spacial score (nSPS) is 20.7. The molecule has 1 rings (SSSR count). The fourth-order valence-electron chi connectivity index (χ4n) is 0.481. The monoisotopic (exact) mass is 81.1 g/mol. The van der Waals surface area contributed by atoms with Crippen molar-refractivity contribution < 1.29 is 0 Å². The summed E-state index contributed by atoms with van der Waals surface area (Å²) >= 11 is 0. The van der Waals surface area contributed by atoms with Gasteiger partial charge in [-0.25, -0.2) is 0 Å². The van der Waals surface area contributed by atoms with Crippen molar-refractivity contribution in [2.45, 2.75) is 12.8 Å². The van der Waals surface area contributed by atoms with Crippen LogP contribution in [0, 0.1) is 12.3 Å². The molecule has 1 fully saturated rings. The smallest absolute Gasteiger partial charge is 0.0142 e. The lowest BCUT2D eigenvalue weighted by Gasteiger charge is -1.76. The van der Waals surface area contributed by atoms with Crippen molar-refractivity contribution >= 4 is 0 Å². The summed E-state index contributed by atoms with van der Waals surface area (Å²) in [5.74, 6) is 0.905. The summed E-state index contributed by atoms with van der Waals surface area (Å²) < 4.78 is 0. The first kappa shape index (κ1) is 3.91. The van der Waals surface area contributed by atoms with Crippen LogP contribution in [0.3, 0.4) is 0 Å². The Hall–Kier alpha value is -0.260. The highest BCUT2D eigenvalue weighted by molar-refractivity contribution is 4.98. The zero-order valence-electron chi connectivity index (χ0n) is 3.85. The van der Waals surface area contributed by atoms with Gasteiger partial charge in [-0.2, -0.15) is 0 Å². The molecule has 0 heteroatoms. The predicted octanol–water partition coefficient (Wildman–Crippen LogP) is 1.79.